The number of nitrogens with zero attached hydrogens (tertiary/aromatic N) is 3. The fourth-order valence-electron chi connectivity index (χ4n) is 9.43. The van der Waals surface area contributed by atoms with Crippen LogP contribution in [0, 0.1) is 12.3 Å². The van der Waals surface area contributed by atoms with Gasteiger partial charge in [0, 0.05) is 57.4 Å². The molecule has 3 aliphatic rings. The van der Waals surface area contributed by atoms with Gasteiger partial charge < -0.3 is 52.3 Å². The number of carbonyl (C=O) groups is 8. The number of fused-ring (bicyclic) bond motifs is 1. The van der Waals surface area contributed by atoms with Crippen LogP contribution < -0.4 is 32.3 Å². The number of phenolic OH excluding ortho intramolecular Hbond substituents is 1. The van der Waals surface area contributed by atoms with E-state index < -0.39 is 76.7 Å². The summed E-state index contributed by atoms with van der Waals surface area (Å²) in [5.74, 6) is -4.91. The zero-order valence-electron chi connectivity index (χ0n) is 44.2. The number of nitrogens with one attached hydrogen (secondary N) is 5. The third-order valence-corrected chi connectivity index (χ3v) is 15.1. The summed E-state index contributed by atoms with van der Waals surface area (Å²) in [4.78, 5) is 114. The molecule has 5 atom stereocenters. The molecule has 7 rings (SSSR count). The number of nitrogens with two attached hydrogens (primary N) is 1. The number of phenols is 1. The van der Waals surface area contributed by atoms with Crippen LogP contribution in [0.3, 0.4) is 0 Å². The molecule has 0 spiro atoms. The molecule has 2 aliphatic carbocycles. The van der Waals surface area contributed by atoms with Crippen molar-refractivity contribution in [3.05, 3.63) is 117 Å². The maximum Gasteiger partial charge on any atom is 0.267 e. The quantitative estimate of drug-likeness (QED) is 0.0323. The van der Waals surface area contributed by atoms with E-state index in [1.807, 2.05) is 37.3 Å². The third kappa shape index (κ3) is 14.1. The van der Waals surface area contributed by atoms with E-state index in [0.717, 1.165) is 39.4 Å². The van der Waals surface area contributed by atoms with Crippen LogP contribution in [0.5, 0.6) is 5.75 Å². The number of hydrogen-bond acceptors (Lipinski definition) is 13. The number of unbranched alkanes of at least 4 members (excludes halogenated alkanes) is 2. The lowest BCUT2D eigenvalue weighted by atomic mass is 9.85. The zero-order valence-corrected chi connectivity index (χ0v) is 45.0. The molecule has 3 aromatic carbocycles. The van der Waals surface area contributed by atoms with E-state index in [0.29, 0.717) is 56.3 Å². The van der Waals surface area contributed by atoms with Crippen LogP contribution in [0.4, 0.5) is 4.39 Å². The number of likely N-dealkylation sites (tertiary alicyclic amines) is 1. The number of β-amino-alcohol motifs (C(OH)–C–C–N with tert-alkyl or cyclic N) is 1. The second kappa shape index (κ2) is 24.2. The Bertz CT molecular complexity index is 2950. The zero-order chi connectivity index (χ0) is 55.9. The van der Waals surface area contributed by atoms with E-state index in [-0.39, 0.29) is 66.6 Å². The molecule has 1 saturated carbocycles. The molecule has 2 heterocycles. The van der Waals surface area contributed by atoms with Gasteiger partial charge in [0.05, 0.1) is 46.3 Å². The molecule has 21 heteroatoms. The number of aryl methyl sites for hydroxylation is 2. The van der Waals surface area contributed by atoms with Crippen LogP contribution in [-0.2, 0) is 30.4 Å². The average molecular weight is 1080 g/mol. The number of aromatic hydroxyl groups is 1. The Balaban J connectivity index is 0.897. The van der Waals surface area contributed by atoms with Crippen LogP contribution in [-0.4, -0.2) is 130 Å². The van der Waals surface area contributed by atoms with Crippen LogP contribution in [0.1, 0.15) is 138 Å². The fraction of sp³-hybridized carbons (Fsp3) is 0.446. The first-order valence-electron chi connectivity index (χ1n) is 25.8. The molecule has 0 radical (unpaired) electrons. The van der Waals surface area contributed by atoms with Gasteiger partial charge >= 0.3 is 0 Å². The minimum absolute atomic E-state index is 0.0170. The Morgan fingerprint density at radius 2 is 1.62 bits per heavy atom. The van der Waals surface area contributed by atoms with Crippen molar-refractivity contribution >= 4 is 58.5 Å². The molecule has 1 aromatic heterocycles. The van der Waals surface area contributed by atoms with Gasteiger partial charge in [-0.3, -0.25) is 38.4 Å². The summed E-state index contributed by atoms with van der Waals surface area (Å²) < 4.78 is 14.8. The molecular formula is C56H68FN9O10S. The first-order valence-corrected chi connectivity index (χ1v) is 26.7. The van der Waals surface area contributed by atoms with Crippen molar-refractivity contribution in [3.8, 4) is 16.2 Å². The van der Waals surface area contributed by atoms with Gasteiger partial charge in [0.25, 0.3) is 23.6 Å². The second-order valence-electron chi connectivity index (χ2n) is 21.3. The second-order valence-corrected chi connectivity index (χ2v) is 22.2. The normalized spacial score (nSPS) is 18.3. The van der Waals surface area contributed by atoms with Gasteiger partial charge in [0.15, 0.2) is 11.5 Å². The highest BCUT2D eigenvalue weighted by Crippen LogP contribution is 2.41. The van der Waals surface area contributed by atoms with Gasteiger partial charge in [-0.15, -0.1) is 11.3 Å². The Hall–Kier alpha value is -7.52. The van der Waals surface area contributed by atoms with Gasteiger partial charge in [-0.2, -0.15) is 0 Å². The monoisotopic (exact) mass is 1080 g/mol. The lowest BCUT2D eigenvalue weighted by molar-refractivity contribution is -0.145. The van der Waals surface area contributed by atoms with Crippen LogP contribution in [0.15, 0.2) is 77.9 Å². The van der Waals surface area contributed by atoms with Crippen molar-refractivity contribution in [2.75, 3.05) is 33.7 Å². The van der Waals surface area contributed by atoms with Gasteiger partial charge in [0.1, 0.15) is 23.5 Å². The number of aromatic nitrogens is 1. The highest BCUT2D eigenvalue weighted by atomic mass is 32.1. The summed E-state index contributed by atoms with van der Waals surface area (Å²) in [6.45, 7) is 7.57. The molecule has 2 fully saturated rings. The van der Waals surface area contributed by atoms with E-state index in [2.05, 4.69) is 31.6 Å². The molecule has 410 valence electrons. The van der Waals surface area contributed by atoms with Crippen LogP contribution in [0.2, 0.25) is 0 Å². The van der Waals surface area contributed by atoms with Gasteiger partial charge in [0.2, 0.25) is 17.7 Å². The largest absolute Gasteiger partial charge is 0.507 e. The molecule has 1 saturated heterocycles. The Kier molecular flexibility index (Phi) is 18.0. The molecule has 19 nitrogen and oxygen atoms in total. The maximum absolute atomic E-state index is 14.8. The number of halogens is 1. The number of allylic oxidation sites excluding steroid dienone is 1. The van der Waals surface area contributed by atoms with Crippen molar-refractivity contribution in [2.45, 2.75) is 121 Å². The van der Waals surface area contributed by atoms with E-state index in [4.69, 9.17) is 5.73 Å². The Labute approximate surface area is 450 Å². The van der Waals surface area contributed by atoms with E-state index in [9.17, 15) is 53.0 Å². The molecule has 7 amide bonds. The topological polar surface area (TPSA) is 283 Å². The van der Waals surface area contributed by atoms with Crippen molar-refractivity contribution in [1.82, 2.24) is 41.4 Å². The number of rotatable bonds is 21. The standard InChI is InChI=1S/C56H68FN9O10S/c1-31-47(77-30-61-31)34-13-11-33(12-14-34)42(63-51(73)43-26-37(67)29-66(43)53(75)48(55(2,3)4)64-54(76)56(57)20-21-56)28-46(70)59-22-8-7-9-23-60-49(71)36-15-10-32-17-19-41(39(32)24-36)62-50(72)40(58)27-44(68)35-16-18-38(45(69)25-35)52(74)65(5)6/h10-16,18,24-25,27,30,37,41-43,48,67,69H,7-9,17,19-23,26,28-29,58H2,1-6H3,(H,59,70)(H,60,71)(H,62,72)(H,63,73)(H,64,76)/t37-,41-,42+,43+,48-/m1/s1. The third-order valence-electron chi connectivity index (χ3n) is 14.1. The van der Waals surface area contributed by atoms with Gasteiger partial charge in [-0.25, -0.2) is 9.37 Å². The number of carbonyl (C=O) groups excluding carboxylic acids is 8. The highest BCUT2D eigenvalue weighted by Gasteiger charge is 2.53. The van der Waals surface area contributed by atoms with Crippen LogP contribution >= 0.6 is 11.3 Å². The van der Waals surface area contributed by atoms with Crippen molar-refractivity contribution in [1.29, 1.82) is 0 Å². The number of aliphatic hydroxyl groups excluding tert-OH is 1. The number of hydrogen-bond donors (Lipinski definition) is 8. The molecule has 0 bridgehead atoms. The van der Waals surface area contributed by atoms with Crippen molar-refractivity contribution in [2.24, 2.45) is 11.1 Å². The number of ketones is 1. The number of benzene rings is 3. The van der Waals surface area contributed by atoms with Crippen molar-refractivity contribution < 1.29 is 53.0 Å². The van der Waals surface area contributed by atoms with E-state index >= 15 is 0 Å². The maximum atomic E-state index is 14.8. The first-order chi connectivity index (χ1) is 36.4. The number of alkyl halides is 1. The lowest BCUT2D eigenvalue weighted by Gasteiger charge is -2.36. The minimum atomic E-state index is -2.03. The predicted octanol–water partition coefficient (Wildman–Crippen LogP) is 4.61. The average Bonchev–Trinajstić information content (AvgIpc) is 3.63. The summed E-state index contributed by atoms with van der Waals surface area (Å²) in [5, 5.41) is 35.4. The molecule has 77 heavy (non-hydrogen) atoms. The summed E-state index contributed by atoms with van der Waals surface area (Å²) in [6, 6.07) is 12.9. The lowest BCUT2D eigenvalue weighted by Crippen LogP contribution is -2.59. The first kappa shape index (κ1) is 57.2. The molecular weight excluding hydrogens is 1010 g/mol. The number of aliphatic hydroxyl groups is 1. The molecule has 0 unspecified atom stereocenters. The number of amides is 7. The SMILES string of the molecule is Cc1ncsc1-c1ccc([C@H](CC(=O)NCCCCCNC(=O)c2ccc3c(c2)[C@H](NC(=O)C(N)=CC(=O)c2ccc(C(=O)N(C)C)c(O)c2)CC3)NC(=O)[C@@H]2C[C@@H](O)CN2C(=O)[C@@H](NC(=O)C2(F)CC2)C(C)(C)C)cc1. The Morgan fingerprint density at radius 1 is 0.935 bits per heavy atom. The summed E-state index contributed by atoms with van der Waals surface area (Å²) in [7, 11) is 3.06. The molecule has 9 N–H and O–H groups in total. The van der Waals surface area contributed by atoms with Gasteiger partial charge in [-0.1, -0.05) is 51.1 Å². The minimum Gasteiger partial charge on any atom is -0.507 e. The Morgan fingerprint density at radius 3 is 2.26 bits per heavy atom. The summed E-state index contributed by atoms with van der Waals surface area (Å²) >= 11 is 1.49. The number of thiazole rings is 1. The van der Waals surface area contributed by atoms with Crippen LogP contribution in [0.25, 0.3) is 10.4 Å². The predicted molar refractivity (Wildman–Crippen MR) is 286 cm³/mol. The molecule has 1 aliphatic heterocycles. The van der Waals surface area contributed by atoms with Crippen molar-refractivity contribution in [3.63, 3.8) is 0 Å². The summed E-state index contributed by atoms with van der Waals surface area (Å²) in [6.07, 6.45) is 2.85. The van der Waals surface area contributed by atoms with Gasteiger partial charge in [-0.05, 0) is 110 Å². The summed E-state index contributed by atoms with van der Waals surface area (Å²) in [5.41, 5.74) is 9.08. The molecule has 4 aromatic rings. The highest BCUT2D eigenvalue weighted by molar-refractivity contribution is 7.13. The smallest absolute Gasteiger partial charge is 0.267 e. The van der Waals surface area contributed by atoms with E-state index in [1.54, 1.807) is 38.4 Å². The van der Waals surface area contributed by atoms with E-state index in [1.165, 1.54) is 47.4 Å². The fourth-order valence-corrected chi connectivity index (χ4v) is 10.2.